The quantitative estimate of drug-likeness (QED) is 0.398. The van der Waals surface area contributed by atoms with Crippen molar-refractivity contribution >= 4 is 22.8 Å². The van der Waals surface area contributed by atoms with Crippen molar-refractivity contribution in [1.29, 1.82) is 0 Å². The number of benzene rings is 1. The Hall–Kier alpha value is -3.14. The average Bonchev–Trinajstić information content (AvgIpc) is 3.22. The first-order chi connectivity index (χ1) is 14.6. The minimum atomic E-state index is -4.74. The number of aryl methyl sites for hydroxylation is 1. The first-order valence-corrected chi connectivity index (χ1v) is 9.50. The van der Waals surface area contributed by atoms with E-state index in [0.29, 0.717) is 24.4 Å². The molecule has 0 saturated heterocycles. The summed E-state index contributed by atoms with van der Waals surface area (Å²) in [7, 11) is 1.58. The molecular weight excluding hydrogens is 415 g/mol. The number of carbonyl (C=O) groups is 2. The standard InChI is InChI=1S/C21H22F3N3O4/c1-13-10-15(14(2)26(13)8-9-30-3)18(28)12-31-19(29)11-27-17-7-5-4-6-16(17)25-20(27)21(22,23)24/h4-7,10H,8-9,11-12H2,1-3H3. The minimum Gasteiger partial charge on any atom is -0.456 e. The molecule has 0 saturated carbocycles. The molecule has 2 aromatic heterocycles. The molecule has 0 aliphatic heterocycles. The highest BCUT2D eigenvalue weighted by Gasteiger charge is 2.38. The number of Topliss-reactive ketones (excluding diaryl/α,β-unsaturated/α-hetero) is 1. The van der Waals surface area contributed by atoms with Crippen molar-refractivity contribution in [3.63, 3.8) is 0 Å². The van der Waals surface area contributed by atoms with Crippen molar-refractivity contribution in [2.24, 2.45) is 0 Å². The fraction of sp³-hybridized carbons (Fsp3) is 0.381. The van der Waals surface area contributed by atoms with Gasteiger partial charge in [-0.1, -0.05) is 12.1 Å². The predicted molar refractivity (Wildman–Crippen MR) is 106 cm³/mol. The van der Waals surface area contributed by atoms with E-state index in [4.69, 9.17) is 9.47 Å². The van der Waals surface area contributed by atoms with Crippen LogP contribution in [0, 0.1) is 13.8 Å². The maximum absolute atomic E-state index is 13.3. The number of methoxy groups -OCH3 is 1. The second-order valence-corrected chi connectivity index (χ2v) is 7.02. The molecule has 0 fully saturated rings. The van der Waals surface area contributed by atoms with Crippen LogP contribution >= 0.6 is 0 Å². The van der Waals surface area contributed by atoms with Crippen molar-refractivity contribution in [3.8, 4) is 0 Å². The van der Waals surface area contributed by atoms with Gasteiger partial charge in [0.2, 0.25) is 11.6 Å². The lowest BCUT2D eigenvalue weighted by Gasteiger charge is -2.11. The lowest BCUT2D eigenvalue weighted by atomic mass is 10.1. The zero-order valence-corrected chi connectivity index (χ0v) is 17.3. The van der Waals surface area contributed by atoms with E-state index in [-0.39, 0.29) is 11.0 Å². The van der Waals surface area contributed by atoms with Crippen LogP contribution in [0.25, 0.3) is 11.0 Å². The van der Waals surface area contributed by atoms with Gasteiger partial charge in [-0.2, -0.15) is 13.2 Å². The van der Waals surface area contributed by atoms with Crippen molar-refractivity contribution < 1.29 is 32.2 Å². The maximum Gasteiger partial charge on any atom is 0.449 e. The lowest BCUT2D eigenvalue weighted by molar-refractivity contribution is -0.150. The van der Waals surface area contributed by atoms with Gasteiger partial charge in [-0.05, 0) is 32.0 Å². The summed E-state index contributed by atoms with van der Waals surface area (Å²) < 4.78 is 52.7. The van der Waals surface area contributed by atoms with E-state index in [0.717, 1.165) is 10.3 Å². The monoisotopic (exact) mass is 437 g/mol. The second-order valence-electron chi connectivity index (χ2n) is 7.02. The normalized spacial score (nSPS) is 11.8. The summed E-state index contributed by atoms with van der Waals surface area (Å²) in [5, 5.41) is 0. The van der Waals surface area contributed by atoms with E-state index >= 15 is 0 Å². The van der Waals surface area contributed by atoms with E-state index in [1.807, 2.05) is 11.5 Å². The van der Waals surface area contributed by atoms with Crippen molar-refractivity contribution in [2.75, 3.05) is 20.3 Å². The number of aromatic nitrogens is 3. The second kappa shape index (κ2) is 8.93. The van der Waals surface area contributed by atoms with Gasteiger partial charge >= 0.3 is 12.1 Å². The number of nitrogens with zero attached hydrogens (tertiary/aromatic N) is 3. The summed E-state index contributed by atoms with van der Waals surface area (Å²) in [4.78, 5) is 28.4. The van der Waals surface area contributed by atoms with E-state index in [2.05, 4.69) is 4.98 Å². The van der Waals surface area contributed by atoms with Crippen LogP contribution in [0.2, 0.25) is 0 Å². The third-order valence-corrected chi connectivity index (χ3v) is 4.95. The Bertz CT molecular complexity index is 1120. The topological polar surface area (TPSA) is 75.3 Å². The number of imidazole rings is 1. The summed E-state index contributed by atoms with van der Waals surface area (Å²) >= 11 is 0. The molecule has 0 spiro atoms. The first kappa shape index (κ1) is 22.5. The number of alkyl halides is 3. The third kappa shape index (κ3) is 4.79. The summed E-state index contributed by atoms with van der Waals surface area (Å²) in [5.41, 5.74) is 2.21. The van der Waals surface area contributed by atoms with Crippen LogP contribution in [0.3, 0.4) is 0 Å². The fourth-order valence-corrected chi connectivity index (χ4v) is 3.46. The molecular formula is C21H22F3N3O4. The summed E-state index contributed by atoms with van der Waals surface area (Å²) in [5.74, 6) is -2.59. The minimum absolute atomic E-state index is 0.113. The smallest absolute Gasteiger partial charge is 0.449 e. The molecule has 10 heteroatoms. The number of esters is 1. The number of carbonyl (C=O) groups excluding carboxylic acids is 2. The molecule has 166 valence electrons. The van der Waals surface area contributed by atoms with Crippen LogP contribution in [0.15, 0.2) is 30.3 Å². The third-order valence-electron chi connectivity index (χ3n) is 4.95. The molecule has 0 atom stereocenters. The van der Waals surface area contributed by atoms with Gasteiger partial charge in [-0.25, -0.2) is 4.98 Å². The van der Waals surface area contributed by atoms with Gasteiger partial charge in [0, 0.05) is 30.6 Å². The van der Waals surface area contributed by atoms with E-state index in [9.17, 15) is 22.8 Å². The molecule has 31 heavy (non-hydrogen) atoms. The van der Waals surface area contributed by atoms with Crippen LogP contribution in [0.4, 0.5) is 13.2 Å². The number of para-hydroxylation sites is 2. The van der Waals surface area contributed by atoms with Crippen LogP contribution < -0.4 is 0 Å². The summed E-state index contributed by atoms with van der Waals surface area (Å²) in [6.45, 7) is 3.37. The summed E-state index contributed by atoms with van der Waals surface area (Å²) in [6, 6.07) is 7.65. The van der Waals surface area contributed by atoms with Crippen LogP contribution in [-0.2, 0) is 33.5 Å². The van der Waals surface area contributed by atoms with Gasteiger partial charge in [-0.3, -0.25) is 9.59 Å². The number of halogens is 3. The van der Waals surface area contributed by atoms with Crippen LogP contribution in [0.1, 0.15) is 27.6 Å². The molecule has 0 aliphatic carbocycles. The molecule has 0 aliphatic rings. The Morgan fingerprint density at radius 1 is 1.13 bits per heavy atom. The zero-order valence-electron chi connectivity index (χ0n) is 17.3. The largest absolute Gasteiger partial charge is 0.456 e. The number of fused-ring (bicyclic) bond motifs is 1. The highest BCUT2D eigenvalue weighted by atomic mass is 19.4. The first-order valence-electron chi connectivity index (χ1n) is 9.50. The van der Waals surface area contributed by atoms with Gasteiger partial charge in [0.15, 0.2) is 6.61 Å². The highest BCUT2D eigenvalue weighted by Crippen LogP contribution is 2.31. The van der Waals surface area contributed by atoms with Crippen LogP contribution in [0.5, 0.6) is 0 Å². The van der Waals surface area contributed by atoms with E-state index < -0.39 is 36.9 Å². The number of rotatable bonds is 8. The zero-order chi connectivity index (χ0) is 22.8. The maximum atomic E-state index is 13.3. The Kier molecular flexibility index (Phi) is 6.49. The van der Waals surface area contributed by atoms with Crippen molar-refractivity contribution in [3.05, 3.63) is 53.1 Å². The van der Waals surface area contributed by atoms with Gasteiger partial charge in [0.25, 0.3) is 0 Å². The molecule has 0 bridgehead atoms. The number of hydrogen-bond acceptors (Lipinski definition) is 5. The molecule has 3 aromatic rings. The summed E-state index contributed by atoms with van der Waals surface area (Å²) in [6.07, 6.45) is -4.74. The Labute approximate surface area is 176 Å². The predicted octanol–water partition coefficient (Wildman–Crippen LogP) is 3.55. The Morgan fingerprint density at radius 2 is 1.84 bits per heavy atom. The van der Waals surface area contributed by atoms with Crippen molar-refractivity contribution in [2.45, 2.75) is 33.1 Å². The molecule has 0 unspecified atom stereocenters. The van der Waals surface area contributed by atoms with E-state index in [1.54, 1.807) is 32.2 Å². The molecule has 7 nitrogen and oxygen atoms in total. The molecule has 0 N–H and O–H groups in total. The van der Waals surface area contributed by atoms with Gasteiger partial charge in [0.05, 0.1) is 17.6 Å². The lowest BCUT2D eigenvalue weighted by Crippen LogP contribution is -2.22. The van der Waals surface area contributed by atoms with Gasteiger partial charge in [0.1, 0.15) is 6.54 Å². The molecule has 0 radical (unpaired) electrons. The average molecular weight is 437 g/mol. The number of ether oxygens (including phenoxy) is 2. The Balaban J connectivity index is 1.72. The molecule has 3 rings (SSSR count). The molecule has 2 heterocycles. The SMILES string of the molecule is COCCn1c(C)cc(C(=O)COC(=O)Cn2c(C(F)(F)F)nc3ccccc32)c1C. The van der Waals surface area contributed by atoms with Crippen LogP contribution in [-0.4, -0.2) is 46.2 Å². The molecule has 0 amide bonds. The van der Waals surface area contributed by atoms with Crippen molar-refractivity contribution in [1.82, 2.24) is 14.1 Å². The fourth-order valence-electron chi connectivity index (χ4n) is 3.46. The van der Waals surface area contributed by atoms with E-state index in [1.165, 1.54) is 12.1 Å². The Morgan fingerprint density at radius 3 is 2.52 bits per heavy atom. The number of hydrogen-bond donors (Lipinski definition) is 0. The van der Waals surface area contributed by atoms with Gasteiger partial charge in [-0.15, -0.1) is 0 Å². The molecule has 1 aromatic carbocycles. The number of ketones is 1. The highest BCUT2D eigenvalue weighted by molar-refractivity contribution is 5.99. The van der Waals surface area contributed by atoms with Gasteiger partial charge < -0.3 is 18.6 Å².